The Bertz CT molecular complexity index is 766. The molecule has 1 unspecified atom stereocenters. The Labute approximate surface area is 136 Å². The molecule has 2 aromatic rings. The normalized spacial score (nSPS) is 11.8. The first-order valence-corrected chi connectivity index (χ1v) is 7.67. The zero-order valence-corrected chi connectivity index (χ0v) is 13.7. The van der Waals surface area contributed by atoms with Gasteiger partial charge in [0.2, 0.25) is 11.8 Å². The van der Waals surface area contributed by atoms with Crippen molar-refractivity contribution in [1.29, 1.82) is 0 Å². The van der Waals surface area contributed by atoms with Crippen LogP contribution in [0.1, 0.15) is 13.8 Å². The van der Waals surface area contributed by atoms with Gasteiger partial charge >= 0.3 is 10.7 Å². The van der Waals surface area contributed by atoms with Gasteiger partial charge in [-0.1, -0.05) is 4.68 Å². The van der Waals surface area contributed by atoms with Crippen LogP contribution >= 0.6 is 11.8 Å². The van der Waals surface area contributed by atoms with Crippen molar-refractivity contribution in [1.82, 2.24) is 5.27 Å². The minimum Gasteiger partial charge on any atom is -0.326 e. The lowest BCUT2D eigenvalue weighted by molar-refractivity contribution is -0.772. The van der Waals surface area contributed by atoms with Gasteiger partial charge in [0.05, 0.1) is 5.25 Å². The molecule has 0 saturated carbocycles. The van der Waals surface area contributed by atoms with Crippen LogP contribution in [0.5, 0.6) is 0 Å². The van der Waals surface area contributed by atoms with Crippen molar-refractivity contribution in [3.63, 3.8) is 0 Å². The topological polar surface area (TPSA) is 108 Å². The summed E-state index contributed by atoms with van der Waals surface area (Å²) in [5, 5.41) is 7.61. The van der Waals surface area contributed by atoms with Gasteiger partial charge in [-0.05, 0) is 48.2 Å². The van der Waals surface area contributed by atoms with Gasteiger partial charge in [0.1, 0.15) is 0 Å². The predicted octanol–water partition coefficient (Wildman–Crippen LogP) is 0.870. The zero-order valence-electron chi connectivity index (χ0n) is 12.9. The minimum absolute atomic E-state index is 0.162. The summed E-state index contributed by atoms with van der Waals surface area (Å²) in [5.41, 5.74) is 0.730. The molecule has 2 rings (SSSR count). The van der Waals surface area contributed by atoms with Crippen LogP contribution in [-0.4, -0.2) is 22.3 Å². The lowest BCUT2D eigenvalue weighted by Gasteiger charge is -2.10. The Hall–Kier alpha value is -2.55. The van der Waals surface area contributed by atoms with E-state index in [4.69, 9.17) is 0 Å². The maximum absolute atomic E-state index is 12.2. The zero-order chi connectivity index (χ0) is 17.0. The molecule has 1 atom stereocenters. The number of H-pyrrole nitrogens is 1. The number of carbonyl (C=O) groups excluding carboxylic acids is 2. The van der Waals surface area contributed by atoms with Gasteiger partial charge in [-0.15, -0.1) is 0 Å². The van der Waals surface area contributed by atoms with Crippen LogP contribution in [0, 0.1) is 0 Å². The molecular formula is C14H17N4O4S+. The fraction of sp³-hybridized carbons (Fsp3) is 0.286. The number of amides is 2. The summed E-state index contributed by atoms with van der Waals surface area (Å²) in [6.45, 7) is 3.12. The third-order valence-corrected chi connectivity index (χ3v) is 4.12. The number of aromatic nitrogens is 2. The largest absolute Gasteiger partial charge is 0.441 e. The average molecular weight is 337 g/mol. The van der Waals surface area contributed by atoms with Gasteiger partial charge < -0.3 is 10.6 Å². The number of thioether (sulfide) groups is 1. The number of nitrogens with zero attached hydrogens (tertiary/aromatic N) is 1. The third kappa shape index (κ3) is 4.46. The first kappa shape index (κ1) is 16.8. The van der Waals surface area contributed by atoms with Gasteiger partial charge in [-0.2, -0.15) is 0 Å². The molecule has 0 fully saturated rings. The summed E-state index contributed by atoms with van der Waals surface area (Å²) >= 11 is 1.10. The molecule has 0 bridgehead atoms. The Morgan fingerprint density at radius 3 is 2.26 bits per heavy atom. The van der Waals surface area contributed by atoms with Crippen molar-refractivity contribution in [3.8, 4) is 0 Å². The highest BCUT2D eigenvalue weighted by atomic mass is 32.2. The van der Waals surface area contributed by atoms with Crippen LogP contribution in [-0.2, 0) is 16.6 Å². The second kappa shape index (κ2) is 7.14. The van der Waals surface area contributed by atoms with Crippen LogP contribution in [0.15, 0.2) is 38.6 Å². The molecule has 0 aliphatic heterocycles. The summed E-state index contributed by atoms with van der Waals surface area (Å²) in [4.78, 5) is 34.6. The van der Waals surface area contributed by atoms with Gasteiger partial charge in [0.15, 0.2) is 7.05 Å². The van der Waals surface area contributed by atoms with Crippen LogP contribution in [0.25, 0.3) is 0 Å². The van der Waals surface area contributed by atoms with Crippen LogP contribution < -0.4 is 20.9 Å². The fourth-order valence-electron chi connectivity index (χ4n) is 1.76. The van der Waals surface area contributed by atoms with Gasteiger partial charge in [-0.25, -0.2) is 4.79 Å². The highest BCUT2D eigenvalue weighted by Gasteiger charge is 2.25. The predicted molar refractivity (Wildman–Crippen MR) is 85.2 cm³/mol. The Morgan fingerprint density at radius 1 is 1.22 bits per heavy atom. The fourth-order valence-corrected chi connectivity index (χ4v) is 2.60. The van der Waals surface area contributed by atoms with E-state index in [2.05, 4.69) is 20.4 Å². The first-order chi connectivity index (χ1) is 10.9. The SMILES string of the molecule is CC(=O)Nc1ccc(NC(=O)C(C)Sc2c(=O)o[nH][n+]2C)cc1. The average Bonchev–Trinajstić information content (AvgIpc) is 2.80. The molecule has 0 radical (unpaired) electrons. The minimum atomic E-state index is -0.517. The van der Waals surface area contributed by atoms with Crippen molar-refractivity contribution in [3.05, 3.63) is 34.7 Å². The number of carbonyl (C=O) groups is 2. The Balaban J connectivity index is 1.98. The summed E-state index contributed by atoms with van der Waals surface area (Å²) in [6, 6.07) is 6.75. The van der Waals surface area contributed by atoms with Crippen molar-refractivity contribution in [2.24, 2.45) is 7.05 Å². The van der Waals surface area contributed by atoms with E-state index in [0.29, 0.717) is 16.4 Å². The van der Waals surface area contributed by atoms with Crippen molar-refractivity contribution >= 4 is 35.0 Å². The molecule has 1 heterocycles. The molecule has 1 aromatic heterocycles. The molecule has 23 heavy (non-hydrogen) atoms. The maximum Gasteiger partial charge on any atom is 0.441 e. The summed E-state index contributed by atoms with van der Waals surface area (Å²) < 4.78 is 6.05. The third-order valence-electron chi connectivity index (χ3n) is 2.88. The molecule has 0 saturated heterocycles. The van der Waals surface area contributed by atoms with E-state index < -0.39 is 10.9 Å². The number of hydrogen-bond donors (Lipinski definition) is 3. The van der Waals surface area contributed by atoms with E-state index in [1.165, 1.54) is 11.6 Å². The summed E-state index contributed by atoms with van der Waals surface area (Å²) in [7, 11) is 1.62. The lowest BCUT2D eigenvalue weighted by atomic mass is 10.2. The molecule has 2 amide bonds. The monoisotopic (exact) mass is 337 g/mol. The van der Waals surface area contributed by atoms with Gasteiger partial charge in [-0.3, -0.25) is 14.1 Å². The number of hydrogen-bond acceptors (Lipinski definition) is 5. The second-order valence-corrected chi connectivity index (χ2v) is 6.18. The van der Waals surface area contributed by atoms with Crippen molar-refractivity contribution < 1.29 is 18.8 Å². The molecule has 122 valence electrons. The number of rotatable bonds is 5. The molecule has 0 aliphatic carbocycles. The van der Waals surface area contributed by atoms with Crippen LogP contribution in [0.4, 0.5) is 11.4 Å². The Morgan fingerprint density at radius 2 is 1.78 bits per heavy atom. The lowest BCUT2D eigenvalue weighted by Crippen LogP contribution is -2.35. The summed E-state index contributed by atoms with van der Waals surface area (Å²) in [6.07, 6.45) is 0. The smallest absolute Gasteiger partial charge is 0.326 e. The van der Waals surface area contributed by atoms with Crippen molar-refractivity contribution in [2.75, 3.05) is 10.6 Å². The van der Waals surface area contributed by atoms with Crippen molar-refractivity contribution in [2.45, 2.75) is 24.1 Å². The van der Waals surface area contributed by atoms with E-state index >= 15 is 0 Å². The van der Waals surface area contributed by atoms with Crippen LogP contribution in [0.3, 0.4) is 0 Å². The molecule has 1 aromatic carbocycles. The highest BCUT2D eigenvalue weighted by molar-refractivity contribution is 8.00. The maximum atomic E-state index is 12.2. The first-order valence-electron chi connectivity index (χ1n) is 6.79. The number of benzene rings is 1. The molecule has 8 nitrogen and oxygen atoms in total. The molecule has 9 heteroatoms. The van der Waals surface area contributed by atoms with E-state index in [0.717, 1.165) is 11.8 Å². The quantitative estimate of drug-likeness (QED) is 0.554. The molecular weight excluding hydrogens is 320 g/mol. The number of aromatic amines is 1. The van der Waals surface area contributed by atoms with E-state index in [9.17, 15) is 14.4 Å². The molecule has 3 N–H and O–H groups in total. The van der Waals surface area contributed by atoms with E-state index in [-0.39, 0.29) is 11.8 Å². The van der Waals surface area contributed by atoms with E-state index in [1.54, 1.807) is 38.2 Å². The number of nitrogens with one attached hydrogen (secondary N) is 3. The van der Waals surface area contributed by atoms with Crippen LogP contribution in [0.2, 0.25) is 0 Å². The molecule has 0 aliphatic rings. The number of anilines is 2. The van der Waals surface area contributed by atoms with E-state index in [1.807, 2.05) is 0 Å². The second-order valence-electron chi connectivity index (χ2n) is 4.85. The number of aryl methyl sites for hydroxylation is 1. The standard InChI is InChI=1S/C14H16N4O4S/c1-8(23-13-14(21)22-17-18(13)3)12(20)16-11-6-4-10(5-7-11)15-9(2)19/h4-8,17,21H,1-3H3/p+1. The van der Waals surface area contributed by atoms with Gasteiger partial charge in [0, 0.05) is 18.3 Å². The van der Waals surface area contributed by atoms with Gasteiger partial charge in [0.25, 0.3) is 0 Å². The molecule has 0 spiro atoms. The Kier molecular flexibility index (Phi) is 5.22. The highest BCUT2D eigenvalue weighted by Crippen LogP contribution is 2.19. The summed E-state index contributed by atoms with van der Waals surface area (Å²) in [5.74, 6) is -0.409.